The zero-order chi connectivity index (χ0) is 14.8. The van der Waals surface area contributed by atoms with Crippen molar-refractivity contribution in [1.29, 1.82) is 0 Å². The molecule has 0 fully saturated rings. The fourth-order valence-electron chi connectivity index (χ4n) is 2.67. The molecule has 1 aliphatic heterocycles. The number of aromatic nitrogens is 2. The SMILES string of the molecule is Cc1cc(N2CCNCc3ccccc32)nc(C(C)C)n1. The highest BCUT2D eigenvalue weighted by Crippen LogP contribution is 2.29. The molecule has 2 aromatic rings. The second-order valence-corrected chi connectivity index (χ2v) is 5.84. The molecule has 21 heavy (non-hydrogen) atoms. The van der Waals surface area contributed by atoms with Crippen LogP contribution in [0.15, 0.2) is 30.3 Å². The van der Waals surface area contributed by atoms with E-state index in [1.165, 1.54) is 11.3 Å². The summed E-state index contributed by atoms with van der Waals surface area (Å²) < 4.78 is 0. The predicted octanol–water partition coefficient (Wildman–Crippen LogP) is 3.15. The number of nitrogens with one attached hydrogen (secondary N) is 1. The number of benzene rings is 1. The molecule has 1 aliphatic rings. The molecule has 0 bridgehead atoms. The molecule has 0 unspecified atom stereocenters. The summed E-state index contributed by atoms with van der Waals surface area (Å²) in [6.07, 6.45) is 0. The average Bonchev–Trinajstić information content (AvgIpc) is 2.69. The summed E-state index contributed by atoms with van der Waals surface area (Å²) in [6, 6.07) is 10.6. The van der Waals surface area contributed by atoms with E-state index < -0.39 is 0 Å². The van der Waals surface area contributed by atoms with Gasteiger partial charge in [-0.25, -0.2) is 9.97 Å². The van der Waals surface area contributed by atoms with Gasteiger partial charge in [0.05, 0.1) is 0 Å². The molecule has 0 aliphatic carbocycles. The third-order valence-corrected chi connectivity index (χ3v) is 3.76. The fourth-order valence-corrected chi connectivity index (χ4v) is 2.67. The van der Waals surface area contributed by atoms with Gasteiger partial charge in [0.15, 0.2) is 0 Å². The summed E-state index contributed by atoms with van der Waals surface area (Å²) in [7, 11) is 0. The van der Waals surface area contributed by atoms with Crippen molar-refractivity contribution >= 4 is 11.5 Å². The van der Waals surface area contributed by atoms with Gasteiger partial charge in [0, 0.05) is 43.0 Å². The van der Waals surface area contributed by atoms with Crippen LogP contribution in [0.2, 0.25) is 0 Å². The Morgan fingerprint density at radius 1 is 1.19 bits per heavy atom. The molecule has 4 nitrogen and oxygen atoms in total. The number of para-hydroxylation sites is 1. The summed E-state index contributed by atoms with van der Waals surface area (Å²) in [5.74, 6) is 2.26. The zero-order valence-electron chi connectivity index (χ0n) is 12.9. The lowest BCUT2D eigenvalue weighted by Crippen LogP contribution is -2.25. The smallest absolute Gasteiger partial charge is 0.137 e. The lowest BCUT2D eigenvalue weighted by atomic mass is 10.1. The van der Waals surface area contributed by atoms with Crippen molar-refractivity contribution in [3.05, 3.63) is 47.4 Å². The van der Waals surface area contributed by atoms with E-state index in [1.54, 1.807) is 0 Å². The molecule has 0 spiro atoms. The van der Waals surface area contributed by atoms with Gasteiger partial charge in [0.1, 0.15) is 11.6 Å². The number of rotatable bonds is 2. The second-order valence-electron chi connectivity index (χ2n) is 5.84. The number of fused-ring (bicyclic) bond motifs is 1. The van der Waals surface area contributed by atoms with Crippen LogP contribution in [0.1, 0.15) is 36.8 Å². The summed E-state index contributed by atoms with van der Waals surface area (Å²) in [5, 5.41) is 3.47. The number of nitrogens with zero attached hydrogens (tertiary/aromatic N) is 3. The lowest BCUT2D eigenvalue weighted by Gasteiger charge is -2.24. The predicted molar refractivity (Wildman–Crippen MR) is 86.0 cm³/mol. The number of anilines is 2. The van der Waals surface area contributed by atoms with Crippen molar-refractivity contribution in [1.82, 2.24) is 15.3 Å². The first-order chi connectivity index (χ1) is 10.1. The van der Waals surface area contributed by atoms with Crippen LogP contribution < -0.4 is 10.2 Å². The zero-order valence-corrected chi connectivity index (χ0v) is 12.9. The van der Waals surface area contributed by atoms with Gasteiger partial charge in [-0.05, 0) is 18.6 Å². The topological polar surface area (TPSA) is 41.0 Å². The van der Waals surface area contributed by atoms with E-state index in [9.17, 15) is 0 Å². The minimum atomic E-state index is 0.337. The highest BCUT2D eigenvalue weighted by atomic mass is 15.2. The van der Waals surface area contributed by atoms with E-state index in [-0.39, 0.29) is 0 Å². The van der Waals surface area contributed by atoms with Gasteiger partial charge in [0.25, 0.3) is 0 Å². The number of hydrogen-bond donors (Lipinski definition) is 1. The first-order valence-electron chi connectivity index (χ1n) is 7.57. The third-order valence-electron chi connectivity index (χ3n) is 3.76. The van der Waals surface area contributed by atoms with Crippen molar-refractivity contribution in [2.45, 2.75) is 33.2 Å². The molecule has 1 aromatic carbocycles. The van der Waals surface area contributed by atoms with Crippen molar-refractivity contribution in [3.8, 4) is 0 Å². The van der Waals surface area contributed by atoms with Gasteiger partial charge in [-0.1, -0.05) is 32.0 Å². The standard InChI is InChI=1S/C17H22N4/c1-12(2)17-19-13(3)10-16(20-17)21-9-8-18-11-14-6-4-5-7-15(14)21/h4-7,10,12,18H,8-9,11H2,1-3H3. The maximum absolute atomic E-state index is 4.78. The third kappa shape index (κ3) is 2.90. The summed E-state index contributed by atoms with van der Waals surface area (Å²) >= 11 is 0. The van der Waals surface area contributed by atoms with E-state index in [2.05, 4.69) is 59.4 Å². The quantitative estimate of drug-likeness (QED) is 0.918. The Morgan fingerprint density at radius 2 is 2.00 bits per heavy atom. The first-order valence-corrected chi connectivity index (χ1v) is 7.57. The molecular formula is C17H22N4. The maximum Gasteiger partial charge on any atom is 0.137 e. The molecule has 0 atom stereocenters. The average molecular weight is 282 g/mol. The van der Waals surface area contributed by atoms with Crippen molar-refractivity contribution in [2.75, 3.05) is 18.0 Å². The summed E-state index contributed by atoms with van der Waals surface area (Å²) in [6.45, 7) is 9.10. The van der Waals surface area contributed by atoms with E-state index in [0.717, 1.165) is 37.0 Å². The molecule has 1 aromatic heterocycles. The van der Waals surface area contributed by atoms with Crippen LogP contribution in [-0.2, 0) is 6.54 Å². The van der Waals surface area contributed by atoms with E-state index in [1.807, 2.05) is 6.92 Å². The van der Waals surface area contributed by atoms with Crippen LogP contribution in [0, 0.1) is 6.92 Å². The van der Waals surface area contributed by atoms with Crippen LogP contribution in [-0.4, -0.2) is 23.1 Å². The summed E-state index contributed by atoms with van der Waals surface area (Å²) in [4.78, 5) is 11.6. The van der Waals surface area contributed by atoms with Crippen molar-refractivity contribution in [3.63, 3.8) is 0 Å². The Labute approximate surface area is 126 Å². The Balaban J connectivity index is 2.07. The van der Waals surface area contributed by atoms with Gasteiger partial charge < -0.3 is 10.2 Å². The molecule has 0 amide bonds. The Morgan fingerprint density at radius 3 is 2.81 bits per heavy atom. The Bertz CT molecular complexity index is 636. The number of aryl methyl sites for hydroxylation is 1. The molecule has 1 N–H and O–H groups in total. The van der Waals surface area contributed by atoms with E-state index in [4.69, 9.17) is 4.98 Å². The van der Waals surface area contributed by atoms with Crippen molar-refractivity contribution in [2.24, 2.45) is 0 Å². The molecule has 0 saturated carbocycles. The van der Waals surface area contributed by atoms with Gasteiger partial charge in [-0.15, -0.1) is 0 Å². The highest BCUT2D eigenvalue weighted by molar-refractivity contribution is 5.64. The molecular weight excluding hydrogens is 260 g/mol. The Kier molecular flexibility index (Phi) is 3.88. The molecule has 0 radical (unpaired) electrons. The first kappa shape index (κ1) is 14.0. The van der Waals surface area contributed by atoms with Crippen LogP contribution in [0.5, 0.6) is 0 Å². The van der Waals surface area contributed by atoms with Crippen LogP contribution in [0.25, 0.3) is 0 Å². The van der Waals surface area contributed by atoms with Crippen LogP contribution >= 0.6 is 0 Å². The van der Waals surface area contributed by atoms with E-state index in [0.29, 0.717) is 5.92 Å². The highest BCUT2D eigenvalue weighted by Gasteiger charge is 2.18. The largest absolute Gasteiger partial charge is 0.325 e. The van der Waals surface area contributed by atoms with E-state index >= 15 is 0 Å². The molecule has 0 saturated heterocycles. The van der Waals surface area contributed by atoms with Gasteiger partial charge in [-0.2, -0.15) is 0 Å². The molecule has 4 heteroatoms. The molecule has 3 rings (SSSR count). The lowest BCUT2D eigenvalue weighted by molar-refractivity contribution is 0.707. The monoisotopic (exact) mass is 282 g/mol. The van der Waals surface area contributed by atoms with Gasteiger partial charge in [0.2, 0.25) is 0 Å². The molecule has 110 valence electrons. The minimum Gasteiger partial charge on any atom is -0.325 e. The van der Waals surface area contributed by atoms with Crippen LogP contribution in [0.4, 0.5) is 11.5 Å². The Hall–Kier alpha value is -1.94. The number of hydrogen-bond acceptors (Lipinski definition) is 4. The minimum absolute atomic E-state index is 0.337. The van der Waals surface area contributed by atoms with Crippen LogP contribution in [0.3, 0.4) is 0 Å². The maximum atomic E-state index is 4.78. The fraction of sp³-hybridized carbons (Fsp3) is 0.412. The van der Waals surface area contributed by atoms with Gasteiger partial charge >= 0.3 is 0 Å². The van der Waals surface area contributed by atoms with Gasteiger partial charge in [-0.3, -0.25) is 0 Å². The summed E-state index contributed by atoms with van der Waals surface area (Å²) in [5.41, 5.74) is 3.59. The normalized spacial score (nSPS) is 15.0. The molecule has 2 heterocycles. The second kappa shape index (κ2) is 5.82. The van der Waals surface area contributed by atoms with Crippen molar-refractivity contribution < 1.29 is 0 Å².